The molecule has 0 aliphatic carbocycles. The lowest BCUT2D eigenvalue weighted by Gasteiger charge is -2.47. The van der Waals surface area contributed by atoms with Crippen LogP contribution in [0.5, 0.6) is 0 Å². The average molecular weight is 265 g/mol. The van der Waals surface area contributed by atoms with Crippen molar-refractivity contribution in [2.45, 2.75) is 39.2 Å². The van der Waals surface area contributed by atoms with E-state index in [4.69, 9.17) is 0 Å². The minimum Gasteiger partial charge on any atom is -0.465 e. The fourth-order valence-corrected chi connectivity index (χ4v) is 3.32. The summed E-state index contributed by atoms with van der Waals surface area (Å²) < 4.78 is 13.1. The smallest absolute Gasteiger partial charge is 0.408 e. The van der Waals surface area contributed by atoms with Crippen LogP contribution in [0.3, 0.4) is 0 Å². The monoisotopic (exact) mass is 265 g/mol. The van der Waals surface area contributed by atoms with Crippen molar-refractivity contribution >= 4 is 6.09 Å². The normalized spacial score (nSPS) is 23.7. The van der Waals surface area contributed by atoms with Crippen LogP contribution in [0.4, 0.5) is 9.18 Å². The van der Waals surface area contributed by atoms with Gasteiger partial charge in [-0.05, 0) is 36.0 Å². The van der Waals surface area contributed by atoms with Gasteiger partial charge in [-0.25, -0.2) is 9.18 Å². The van der Waals surface area contributed by atoms with Crippen LogP contribution in [0.2, 0.25) is 0 Å². The third-order valence-corrected chi connectivity index (χ3v) is 4.17. The molecule has 1 aromatic rings. The third-order valence-electron chi connectivity index (χ3n) is 4.17. The molecule has 1 N–H and O–H groups in total. The molecule has 1 saturated heterocycles. The van der Waals surface area contributed by atoms with Gasteiger partial charge in [0.1, 0.15) is 5.82 Å². The molecule has 1 aromatic carbocycles. The van der Waals surface area contributed by atoms with Gasteiger partial charge in [-0.1, -0.05) is 32.9 Å². The average Bonchev–Trinajstić information content (AvgIpc) is 2.75. The highest BCUT2D eigenvalue weighted by atomic mass is 19.1. The largest absolute Gasteiger partial charge is 0.465 e. The van der Waals surface area contributed by atoms with Gasteiger partial charge >= 0.3 is 6.09 Å². The van der Waals surface area contributed by atoms with Gasteiger partial charge in [0.25, 0.3) is 0 Å². The molecule has 1 aliphatic rings. The van der Waals surface area contributed by atoms with Crippen molar-refractivity contribution in [1.82, 2.24) is 4.90 Å². The maximum absolute atomic E-state index is 13.1. The summed E-state index contributed by atoms with van der Waals surface area (Å²) in [4.78, 5) is 13.1. The zero-order chi connectivity index (χ0) is 14.3. The summed E-state index contributed by atoms with van der Waals surface area (Å²) in [6.07, 6.45) is 0.701. The minimum atomic E-state index is -0.906. The summed E-state index contributed by atoms with van der Waals surface area (Å²) in [5.41, 5.74) is 0.0491. The first-order valence-corrected chi connectivity index (χ1v) is 6.56. The Bertz CT molecular complexity index is 478. The lowest BCUT2D eigenvalue weighted by Crippen LogP contribution is -2.52. The Balaban J connectivity index is 2.58. The number of carboxylic acid groups (broad SMARTS) is 1. The van der Waals surface area contributed by atoms with Gasteiger partial charge in [-0.2, -0.15) is 0 Å². The Morgan fingerprint density at radius 1 is 1.32 bits per heavy atom. The van der Waals surface area contributed by atoms with E-state index in [2.05, 4.69) is 0 Å². The Kier molecular flexibility index (Phi) is 3.29. The van der Waals surface area contributed by atoms with Crippen molar-refractivity contribution in [3.05, 3.63) is 35.6 Å². The maximum Gasteiger partial charge on any atom is 0.408 e. The van der Waals surface area contributed by atoms with E-state index in [1.807, 2.05) is 20.8 Å². The van der Waals surface area contributed by atoms with Gasteiger partial charge < -0.3 is 5.11 Å². The van der Waals surface area contributed by atoms with Crippen LogP contribution in [0.1, 0.15) is 39.2 Å². The van der Waals surface area contributed by atoms with Gasteiger partial charge in [0, 0.05) is 6.54 Å². The zero-order valence-corrected chi connectivity index (χ0v) is 11.6. The van der Waals surface area contributed by atoms with E-state index in [9.17, 15) is 14.3 Å². The van der Waals surface area contributed by atoms with E-state index >= 15 is 0 Å². The van der Waals surface area contributed by atoms with E-state index in [1.54, 1.807) is 12.1 Å². The summed E-state index contributed by atoms with van der Waals surface area (Å²) in [6, 6.07) is 6.23. The lowest BCUT2D eigenvalue weighted by atomic mass is 9.68. The molecule has 1 aliphatic heterocycles. The molecule has 0 spiro atoms. The zero-order valence-electron chi connectivity index (χ0n) is 11.6. The molecule has 1 amide bonds. The predicted molar refractivity (Wildman–Crippen MR) is 71.5 cm³/mol. The van der Waals surface area contributed by atoms with Crippen LogP contribution in [-0.2, 0) is 5.54 Å². The number of nitrogens with zero attached hydrogens (tertiary/aromatic N) is 1. The number of amides is 1. The van der Waals surface area contributed by atoms with Crippen molar-refractivity contribution in [3.63, 3.8) is 0 Å². The number of rotatable bonds is 1. The highest BCUT2D eigenvalue weighted by Gasteiger charge is 2.52. The van der Waals surface area contributed by atoms with Crippen molar-refractivity contribution in [3.8, 4) is 0 Å². The summed E-state index contributed by atoms with van der Waals surface area (Å²) in [5, 5.41) is 9.48. The van der Waals surface area contributed by atoms with Crippen LogP contribution in [0, 0.1) is 11.2 Å². The van der Waals surface area contributed by atoms with Gasteiger partial charge in [0.15, 0.2) is 0 Å². The highest BCUT2D eigenvalue weighted by Crippen LogP contribution is 2.51. The predicted octanol–water partition coefficient (Wildman–Crippen LogP) is 3.84. The molecule has 0 saturated carbocycles. The van der Waals surface area contributed by atoms with E-state index in [1.165, 1.54) is 17.0 Å². The second-order valence-electron chi connectivity index (χ2n) is 6.15. The van der Waals surface area contributed by atoms with Crippen molar-refractivity contribution in [2.24, 2.45) is 5.41 Å². The molecule has 3 nitrogen and oxygen atoms in total. The SMILES string of the molecule is CC(C)(C)C1(c2ccc(F)cc2)CCCN1C(=O)O. The van der Waals surface area contributed by atoms with Crippen molar-refractivity contribution < 1.29 is 14.3 Å². The molecule has 2 rings (SSSR count). The van der Waals surface area contributed by atoms with E-state index < -0.39 is 11.6 Å². The second kappa shape index (κ2) is 4.51. The van der Waals surface area contributed by atoms with Crippen molar-refractivity contribution in [1.29, 1.82) is 0 Å². The summed E-state index contributed by atoms with van der Waals surface area (Å²) >= 11 is 0. The molecule has 0 radical (unpaired) electrons. The van der Waals surface area contributed by atoms with Crippen LogP contribution in [0.15, 0.2) is 24.3 Å². The Morgan fingerprint density at radius 3 is 2.37 bits per heavy atom. The second-order valence-corrected chi connectivity index (χ2v) is 6.15. The first kappa shape index (κ1) is 13.8. The maximum atomic E-state index is 13.1. The highest BCUT2D eigenvalue weighted by molar-refractivity contribution is 5.67. The molecular weight excluding hydrogens is 245 g/mol. The first-order valence-electron chi connectivity index (χ1n) is 6.56. The molecule has 1 heterocycles. The number of benzene rings is 1. The van der Waals surface area contributed by atoms with E-state index in [0.717, 1.165) is 18.4 Å². The number of hydrogen-bond donors (Lipinski definition) is 1. The number of hydrogen-bond acceptors (Lipinski definition) is 1. The van der Waals surface area contributed by atoms with Crippen LogP contribution in [-0.4, -0.2) is 22.6 Å². The number of halogens is 1. The molecule has 4 heteroatoms. The molecule has 1 fully saturated rings. The lowest BCUT2D eigenvalue weighted by molar-refractivity contribution is 0.0276. The fraction of sp³-hybridized carbons (Fsp3) is 0.533. The molecule has 19 heavy (non-hydrogen) atoms. The van der Waals surface area contributed by atoms with Crippen molar-refractivity contribution in [2.75, 3.05) is 6.54 Å². The topological polar surface area (TPSA) is 40.5 Å². The molecule has 104 valence electrons. The van der Waals surface area contributed by atoms with E-state index in [-0.39, 0.29) is 11.2 Å². The van der Waals surface area contributed by atoms with Crippen LogP contribution in [0.25, 0.3) is 0 Å². The molecule has 1 atom stereocenters. The quantitative estimate of drug-likeness (QED) is 0.838. The van der Waals surface area contributed by atoms with Crippen LogP contribution >= 0.6 is 0 Å². The summed E-state index contributed by atoms with van der Waals surface area (Å²) in [5.74, 6) is -0.298. The molecule has 0 aromatic heterocycles. The number of likely N-dealkylation sites (tertiary alicyclic amines) is 1. The Morgan fingerprint density at radius 2 is 1.89 bits per heavy atom. The minimum absolute atomic E-state index is 0.250. The Labute approximate surface area is 113 Å². The Hall–Kier alpha value is -1.58. The summed E-state index contributed by atoms with van der Waals surface area (Å²) in [7, 11) is 0. The number of carbonyl (C=O) groups is 1. The van der Waals surface area contributed by atoms with Gasteiger partial charge in [-0.15, -0.1) is 0 Å². The van der Waals surface area contributed by atoms with E-state index in [0.29, 0.717) is 6.54 Å². The molecule has 0 bridgehead atoms. The van der Waals surface area contributed by atoms with Gasteiger partial charge in [0.2, 0.25) is 0 Å². The fourth-order valence-electron chi connectivity index (χ4n) is 3.32. The summed E-state index contributed by atoms with van der Waals surface area (Å²) in [6.45, 7) is 6.65. The molecule has 1 unspecified atom stereocenters. The van der Waals surface area contributed by atoms with Gasteiger partial charge in [-0.3, -0.25) is 4.90 Å². The van der Waals surface area contributed by atoms with Crippen LogP contribution < -0.4 is 0 Å². The standard InChI is InChI=1S/C15H20FNO2/c1-14(2,3)15(9-4-10-17(15)13(18)19)11-5-7-12(16)8-6-11/h5-8H,4,9-10H2,1-3H3,(H,18,19). The third kappa shape index (κ3) is 2.09. The molecular formula is C15H20FNO2. The van der Waals surface area contributed by atoms with Gasteiger partial charge in [0.05, 0.1) is 5.54 Å². The first-order chi connectivity index (χ1) is 8.79.